The largest absolute Gasteiger partial charge is 0.325 e. The van der Waals surface area contributed by atoms with Crippen molar-refractivity contribution in [3.63, 3.8) is 0 Å². The van der Waals surface area contributed by atoms with Crippen LogP contribution in [0.3, 0.4) is 0 Å². The number of carbonyl (C=O) groups excluding carboxylic acids is 1. The lowest BCUT2D eigenvalue weighted by Gasteiger charge is -2.26. The molecule has 3 rings (SSSR count). The zero-order chi connectivity index (χ0) is 18.9. The summed E-state index contributed by atoms with van der Waals surface area (Å²) >= 11 is 6.31. The second-order valence-corrected chi connectivity index (χ2v) is 8.74. The van der Waals surface area contributed by atoms with Gasteiger partial charge in [0.1, 0.15) is 4.90 Å². The van der Waals surface area contributed by atoms with E-state index in [-0.39, 0.29) is 16.8 Å². The van der Waals surface area contributed by atoms with Gasteiger partial charge in [-0.05, 0) is 49.1 Å². The molecule has 1 aliphatic heterocycles. The highest BCUT2D eigenvalue weighted by atomic mass is 35.5. The van der Waals surface area contributed by atoms with E-state index < -0.39 is 10.0 Å². The number of halogens is 1. The van der Waals surface area contributed by atoms with E-state index in [1.807, 2.05) is 25.1 Å². The van der Waals surface area contributed by atoms with Gasteiger partial charge in [-0.25, -0.2) is 8.42 Å². The molecule has 1 heterocycles. The van der Waals surface area contributed by atoms with Crippen molar-refractivity contribution in [2.24, 2.45) is 0 Å². The molecule has 0 bridgehead atoms. The molecule has 5 nitrogen and oxygen atoms in total. The number of amides is 1. The predicted octanol–water partition coefficient (Wildman–Crippen LogP) is 4.13. The lowest BCUT2D eigenvalue weighted by atomic mass is 10.1. The fourth-order valence-corrected chi connectivity index (χ4v) is 5.52. The zero-order valence-electron chi connectivity index (χ0n) is 14.7. The molecule has 2 aromatic rings. The third-order valence-corrected chi connectivity index (χ3v) is 6.79. The maximum Gasteiger partial charge on any atom is 0.245 e. The monoisotopic (exact) mass is 392 g/mol. The molecule has 1 fully saturated rings. The summed E-state index contributed by atoms with van der Waals surface area (Å²) in [6, 6.07) is 12.0. The number of hydrogen-bond donors (Lipinski definition) is 1. The van der Waals surface area contributed by atoms with Crippen LogP contribution in [-0.2, 0) is 14.8 Å². The maximum absolute atomic E-state index is 13.4. The Morgan fingerprint density at radius 3 is 2.65 bits per heavy atom. The number of nitrogens with zero attached hydrogens (tertiary/aromatic N) is 1. The molecule has 26 heavy (non-hydrogen) atoms. The molecule has 0 radical (unpaired) electrons. The molecule has 1 aliphatic rings. The molecule has 7 heteroatoms. The van der Waals surface area contributed by atoms with Crippen molar-refractivity contribution in [2.45, 2.75) is 37.6 Å². The van der Waals surface area contributed by atoms with Gasteiger partial charge in [0.05, 0.1) is 11.7 Å². The van der Waals surface area contributed by atoms with Crippen LogP contribution in [0.2, 0.25) is 5.02 Å². The summed E-state index contributed by atoms with van der Waals surface area (Å²) in [5.74, 6) is -0.311. The Bertz CT molecular complexity index is 944. The Morgan fingerprint density at radius 2 is 1.96 bits per heavy atom. The summed E-state index contributed by atoms with van der Waals surface area (Å²) in [5.41, 5.74) is 1.92. The fourth-order valence-electron chi connectivity index (χ4n) is 3.35. The van der Waals surface area contributed by atoms with Crippen molar-refractivity contribution in [3.8, 4) is 0 Å². The normalized spacial score (nSPS) is 18.0. The smallest absolute Gasteiger partial charge is 0.245 e. The highest BCUT2D eigenvalue weighted by Gasteiger charge is 2.38. The Kier molecular flexibility index (Phi) is 5.37. The topological polar surface area (TPSA) is 66.5 Å². The fraction of sp³-hybridized carbons (Fsp3) is 0.316. The zero-order valence-corrected chi connectivity index (χ0v) is 16.3. The van der Waals surface area contributed by atoms with E-state index in [4.69, 9.17) is 11.6 Å². The van der Waals surface area contributed by atoms with E-state index >= 15 is 0 Å². The van der Waals surface area contributed by atoms with Gasteiger partial charge < -0.3 is 5.32 Å². The molecule has 1 N–H and O–H groups in total. The number of carbonyl (C=O) groups is 1. The van der Waals surface area contributed by atoms with Crippen molar-refractivity contribution in [1.82, 2.24) is 4.31 Å². The summed E-state index contributed by atoms with van der Waals surface area (Å²) in [6.07, 6.45) is 1.47. The Balaban J connectivity index is 2.06. The van der Waals surface area contributed by atoms with Crippen molar-refractivity contribution in [1.29, 1.82) is 0 Å². The van der Waals surface area contributed by atoms with Crippen LogP contribution in [0.25, 0.3) is 0 Å². The first-order valence-corrected chi connectivity index (χ1v) is 10.3. The van der Waals surface area contributed by atoms with Crippen molar-refractivity contribution in [2.75, 3.05) is 11.9 Å². The minimum Gasteiger partial charge on any atom is -0.325 e. The molecule has 0 aromatic heterocycles. The van der Waals surface area contributed by atoms with Gasteiger partial charge in [0.25, 0.3) is 0 Å². The van der Waals surface area contributed by atoms with Gasteiger partial charge in [-0.1, -0.05) is 35.9 Å². The number of sulfonamides is 1. The van der Waals surface area contributed by atoms with Gasteiger partial charge in [0.2, 0.25) is 15.9 Å². The molecule has 1 saturated heterocycles. The molecule has 0 spiro atoms. The first kappa shape index (κ1) is 18.9. The van der Waals surface area contributed by atoms with Crippen LogP contribution in [0.15, 0.2) is 47.4 Å². The highest BCUT2D eigenvalue weighted by molar-refractivity contribution is 7.89. The third kappa shape index (κ3) is 3.63. The summed E-state index contributed by atoms with van der Waals surface area (Å²) in [5, 5.41) is 3.19. The Morgan fingerprint density at radius 1 is 1.23 bits per heavy atom. The summed E-state index contributed by atoms with van der Waals surface area (Å²) in [4.78, 5) is 11.6. The molecule has 138 valence electrons. The lowest BCUT2D eigenvalue weighted by molar-refractivity contribution is -0.114. The first-order chi connectivity index (χ1) is 12.3. The van der Waals surface area contributed by atoms with Gasteiger partial charge in [0, 0.05) is 18.5 Å². The Labute approximate surface area is 159 Å². The van der Waals surface area contributed by atoms with Gasteiger partial charge in [-0.15, -0.1) is 0 Å². The van der Waals surface area contributed by atoms with Crippen LogP contribution in [0.5, 0.6) is 0 Å². The molecule has 0 aliphatic carbocycles. The van der Waals surface area contributed by atoms with E-state index in [1.54, 1.807) is 24.3 Å². The number of hydrogen-bond acceptors (Lipinski definition) is 3. The van der Waals surface area contributed by atoms with Gasteiger partial charge >= 0.3 is 0 Å². The number of anilines is 1. The number of nitrogens with one attached hydrogen (secondary N) is 1. The van der Waals surface area contributed by atoms with Crippen molar-refractivity contribution < 1.29 is 13.2 Å². The SMILES string of the molecule is CC(=O)Nc1ccc(C)cc1S(=O)(=O)N1CCCC1c1ccccc1Cl. The standard InChI is InChI=1S/C19H21ClN2O3S/c1-13-9-10-17(21-14(2)23)19(12-13)26(24,25)22-11-5-8-18(22)15-6-3-4-7-16(15)20/h3-4,6-7,9-10,12,18H,5,8,11H2,1-2H3,(H,21,23). The third-order valence-electron chi connectivity index (χ3n) is 4.50. The van der Waals surface area contributed by atoms with E-state index in [2.05, 4.69) is 5.32 Å². The van der Waals surface area contributed by atoms with E-state index in [0.29, 0.717) is 23.7 Å². The summed E-state index contributed by atoms with van der Waals surface area (Å²) < 4.78 is 28.3. The average molecular weight is 393 g/mol. The Hall–Kier alpha value is -1.89. The molecular weight excluding hydrogens is 372 g/mol. The van der Waals surface area contributed by atoms with Crippen LogP contribution in [0.4, 0.5) is 5.69 Å². The minimum absolute atomic E-state index is 0.117. The minimum atomic E-state index is -3.79. The van der Waals surface area contributed by atoms with Crippen LogP contribution < -0.4 is 5.32 Å². The number of benzene rings is 2. The van der Waals surface area contributed by atoms with Crippen LogP contribution in [0, 0.1) is 6.92 Å². The van der Waals surface area contributed by atoms with Gasteiger partial charge in [0.15, 0.2) is 0 Å². The average Bonchev–Trinajstić information content (AvgIpc) is 3.06. The molecule has 1 unspecified atom stereocenters. The molecule has 1 amide bonds. The second kappa shape index (κ2) is 7.39. The molecule has 2 aromatic carbocycles. The van der Waals surface area contributed by atoms with E-state index in [9.17, 15) is 13.2 Å². The van der Waals surface area contributed by atoms with Crippen molar-refractivity contribution in [3.05, 3.63) is 58.6 Å². The predicted molar refractivity (Wildman–Crippen MR) is 103 cm³/mol. The van der Waals surface area contributed by atoms with Crippen LogP contribution in [-0.4, -0.2) is 25.2 Å². The molecule has 1 atom stereocenters. The quantitative estimate of drug-likeness (QED) is 0.850. The first-order valence-electron chi connectivity index (χ1n) is 8.45. The van der Waals surface area contributed by atoms with Crippen LogP contribution in [0.1, 0.15) is 36.9 Å². The summed E-state index contributed by atoms with van der Waals surface area (Å²) in [7, 11) is -3.79. The molecular formula is C19H21ClN2O3S. The second-order valence-electron chi connectivity index (χ2n) is 6.48. The van der Waals surface area contributed by atoms with Crippen LogP contribution >= 0.6 is 11.6 Å². The van der Waals surface area contributed by atoms with Crippen molar-refractivity contribution >= 4 is 33.2 Å². The maximum atomic E-state index is 13.4. The van der Waals surface area contributed by atoms with E-state index in [1.165, 1.54) is 11.2 Å². The lowest BCUT2D eigenvalue weighted by Crippen LogP contribution is -2.31. The van der Waals surface area contributed by atoms with E-state index in [0.717, 1.165) is 17.5 Å². The van der Waals surface area contributed by atoms with Gasteiger partial charge in [-0.3, -0.25) is 4.79 Å². The summed E-state index contributed by atoms with van der Waals surface area (Å²) in [6.45, 7) is 3.61. The van der Waals surface area contributed by atoms with Gasteiger partial charge in [-0.2, -0.15) is 4.31 Å². The number of aryl methyl sites for hydroxylation is 1. The molecule has 0 saturated carbocycles. The highest BCUT2D eigenvalue weighted by Crippen LogP contribution is 2.40. The number of rotatable bonds is 4.